The minimum absolute atomic E-state index is 0.0756. The predicted molar refractivity (Wildman–Crippen MR) is 127 cm³/mol. The number of H-pyrrole nitrogens is 1. The Hall–Kier alpha value is -2.88. The minimum Gasteiger partial charge on any atom is -0.379 e. The van der Waals surface area contributed by atoms with Crippen LogP contribution in [0.3, 0.4) is 0 Å². The molecule has 0 saturated carbocycles. The molecule has 4 rings (SSSR count). The number of fused-ring (bicyclic) bond motifs is 1. The van der Waals surface area contributed by atoms with Crippen LogP contribution in [0, 0.1) is 0 Å². The van der Waals surface area contributed by atoms with Crippen LogP contribution in [0.1, 0.15) is 19.7 Å². The molecule has 1 unspecified atom stereocenters. The van der Waals surface area contributed by atoms with E-state index >= 15 is 0 Å². The van der Waals surface area contributed by atoms with E-state index in [4.69, 9.17) is 4.74 Å². The van der Waals surface area contributed by atoms with E-state index in [1.807, 2.05) is 49.4 Å². The van der Waals surface area contributed by atoms with Crippen LogP contribution in [-0.2, 0) is 20.9 Å². The monoisotopic (exact) mass is 453 g/mol. The van der Waals surface area contributed by atoms with Crippen LogP contribution < -0.4 is 10.6 Å². The molecule has 2 amide bonds. The Balaban J connectivity index is 1.35. The predicted octanol–water partition coefficient (Wildman–Crippen LogP) is 3.47. The number of hydrogen-bond acceptors (Lipinski definition) is 6. The molecule has 32 heavy (non-hydrogen) atoms. The highest BCUT2D eigenvalue weighted by atomic mass is 32.2. The summed E-state index contributed by atoms with van der Waals surface area (Å²) in [5.41, 5.74) is 3.25. The van der Waals surface area contributed by atoms with E-state index in [0.717, 1.165) is 66.0 Å². The molecule has 1 saturated heterocycles. The maximum Gasteiger partial charge on any atom is 0.237 e. The number of rotatable bonds is 7. The second-order valence-electron chi connectivity index (χ2n) is 7.76. The molecule has 2 heterocycles. The molecule has 8 nitrogen and oxygen atoms in total. The number of imidazole rings is 1. The highest BCUT2D eigenvalue weighted by Gasteiger charge is 2.16. The molecule has 1 fully saturated rings. The van der Waals surface area contributed by atoms with E-state index in [-0.39, 0.29) is 17.1 Å². The van der Waals surface area contributed by atoms with Crippen molar-refractivity contribution in [3.63, 3.8) is 0 Å². The number of nitrogens with one attached hydrogen (secondary N) is 3. The summed E-state index contributed by atoms with van der Waals surface area (Å²) >= 11 is 1.47. The lowest BCUT2D eigenvalue weighted by Gasteiger charge is -2.25. The topological polar surface area (TPSA) is 99.3 Å². The van der Waals surface area contributed by atoms with Gasteiger partial charge in [0.1, 0.15) is 5.82 Å². The number of anilines is 2. The second kappa shape index (κ2) is 10.2. The molecule has 0 spiro atoms. The van der Waals surface area contributed by atoms with E-state index in [1.54, 1.807) is 0 Å². The van der Waals surface area contributed by atoms with E-state index in [1.165, 1.54) is 18.7 Å². The number of nitrogens with zero attached hydrogens (tertiary/aromatic N) is 2. The number of benzene rings is 2. The van der Waals surface area contributed by atoms with Crippen LogP contribution in [0.25, 0.3) is 11.0 Å². The summed E-state index contributed by atoms with van der Waals surface area (Å²) in [6, 6.07) is 13.2. The van der Waals surface area contributed by atoms with Crippen molar-refractivity contribution in [3.8, 4) is 0 Å². The number of hydrogen-bond donors (Lipinski definition) is 3. The number of aromatic nitrogens is 2. The first-order valence-corrected chi connectivity index (χ1v) is 11.5. The summed E-state index contributed by atoms with van der Waals surface area (Å²) in [6.45, 7) is 7.43. The molecule has 1 aliphatic heterocycles. The van der Waals surface area contributed by atoms with Crippen molar-refractivity contribution >= 4 is 46.0 Å². The van der Waals surface area contributed by atoms with Gasteiger partial charge in [0.05, 0.1) is 36.0 Å². The molecule has 9 heteroatoms. The third-order valence-electron chi connectivity index (χ3n) is 5.13. The lowest BCUT2D eigenvalue weighted by atomic mass is 10.2. The zero-order chi connectivity index (χ0) is 22.5. The average molecular weight is 454 g/mol. The van der Waals surface area contributed by atoms with Crippen molar-refractivity contribution in [2.45, 2.75) is 30.5 Å². The fourth-order valence-corrected chi connectivity index (χ4v) is 4.38. The van der Waals surface area contributed by atoms with Gasteiger partial charge >= 0.3 is 0 Å². The van der Waals surface area contributed by atoms with Crippen LogP contribution in [-0.4, -0.2) is 58.2 Å². The van der Waals surface area contributed by atoms with Crippen LogP contribution in [0.4, 0.5) is 11.4 Å². The number of aromatic amines is 1. The zero-order valence-corrected chi connectivity index (χ0v) is 19.0. The summed E-state index contributed by atoms with van der Waals surface area (Å²) in [7, 11) is 0. The lowest BCUT2D eigenvalue weighted by molar-refractivity contribution is -0.115. The lowest BCUT2D eigenvalue weighted by Crippen LogP contribution is -2.35. The van der Waals surface area contributed by atoms with Crippen molar-refractivity contribution in [1.29, 1.82) is 0 Å². The Morgan fingerprint density at radius 1 is 1.12 bits per heavy atom. The maximum absolute atomic E-state index is 12.7. The first-order valence-electron chi connectivity index (χ1n) is 10.6. The molecular weight excluding hydrogens is 426 g/mol. The van der Waals surface area contributed by atoms with E-state index < -0.39 is 0 Å². The number of thioether (sulfide) groups is 1. The van der Waals surface area contributed by atoms with Gasteiger partial charge in [-0.05, 0) is 49.4 Å². The third kappa shape index (κ3) is 5.87. The zero-order valence-electron chi connectivity index (χ0n) is 18.2. The molecule has 0 aliphatic carbocycles. The summed E-state index contributed by atoms with van der Waals surface area (Å²) in [6.07, 6.45) is 0. The largest absolute Gasteiger partial charge is 0.379 e. The summed E-state index contributed by atoms with van der Waals surface area (Å²) in [5, 5.41) is 5.45. The minimum atomic E-state index is -0.282. The van der Waals surface area contributed by atoms with Gasteiger partial charge in [-0.25, -0.2) is 4.98 Å². The standard InChI is InChI=1S/C23H27N5O3S/c1-15(32-19-6-3-17(4-7-19)24-16(2)29)23(30)25-18-5-8-20-21(13-18)27-22(26-20)14-28-9-11-31-12-10-28/h3-8,13,15H,9-12,14H2,1-2H3,(H,24,29)(H,25,30)(H,26,27). The molecule has 0 radical (unpaired) electrons. The van der Waals surface area contributed by atoms with Crippen LogP contribution in [0.15, 0.2) is 47.4 Å². The van der Waals surface area contributed by atoms with Crippen molar-refractivity contribution < 1.29 is 14.3 Å². The van der Waals surface area contributed by atoms with Gasteiger partial charge in [0.15, 0.2) is 0 Å². The number of carbonyl (C=O) groups is 2. The van der Waals surface area contributed by atoms with Gasteiger partial charge in [-0.1, -0.05) is 0 Å². The van der Waals surface area contributed by atoms with Gasteiger partial charge in [-0.2, -0.15) is 0 Å². The normalized spacial score (nSPS) is 15.4. The van der Waals surface area contributed by atoms with Gasteiger partial charge in [-0.15, -0.1) is 11.8 Å². The molecular formula is C23H27N5O3S. The Bertz CT molecular complexity index is 1090. The van der Waals surface area contributed by atoms with E-state index in [0.29, 0.717) is 0 Å². The van der Waals surface area contributed by atoms with Gasteiger partial charge in [-0.3, -0.25) is 14.5 Å². The molecule has 0 bridgehead atoms. The molecule has 2 aromatic carbocycles. The fourth-order valence-electron chi connectivity index (χ4n) is 3.51. The van der Waals surface area contributed by atoms with E-state index in [9.17, 15) is 9.59 Å². The molecule has 1 aliphatic rings. The van der Waals surface area contributed by atoms with Crippen molar-refractivity contribution in [3.05, 3.63) is 48.3 Å². The fraction of sp³-hybridized carbons (Fsp3) is 0.348. The average Bonchev–Trinajstić information content (AvgIpc) is 3.17. The van der Waals surface area contributed by atoms with Crippen LogP contribution in [0.5, 0.6) is 0 Å². The maximum atomic E-state index is 12.7. The summed E-state index contributed by atoms with van der Waals surface area (Å²) in [4.78, 5) is 35.1. The van der Waals surface area contributed by atoms with Crippen molar-refractivity contribution in [1.82, 2.24) is 14.9 Å². The van der Waals surface area contributed by atoms with Crippen LogP contribution >= 0.6 is 11.8 Å². The second-order valence-corrected chi connectivity index (χ2v) is 9.17. The Morgan fingerprint density at radius 3 is 2.56 bits per heavy atom. The quantitative estimate of drug-likeness (QED) is 0.474. The van der Waals surface area contributed by atoms with Crippen molar-refractivity contribution in [2.75, 3.05) is 36.9 Å². The molecule has 3 N–H and O–H groups in total. The van der Waals surface area contributed by atoms with Gasteiger partial charge < -0.3 is 20.4 Å². The number of ether oxygens (including phenoxy) is 1. The Morgan fingerprint density at radius 2 is 1.84 bits per heavy atom. The summed E-state index contributed by atoms with van der Waals surface area (Å²) in [5.74, 6) is 0.728. The number of morpholine rings is 1. The van der Waals surface area contributed by atoms with E-state index in [2.05, 4.69) is 25.5 Å². The van der Waals surface area contributed by atoms with Gasteiger partial charge in [0.2, 0.25) is 11.8 Å². The first kappa shape index (κ1) is 22.3. The van der Waals surface area contributed by atoms with Crippen LogP contribution in [0.2, 0.25) is 0 Å². The van der Waals surface area contributed by atoms with Crippen molar-refractivity contribution in [2.24, 2.45) is 0 Å². The Labute approximate surface area is 191 Å². The molecule has 168 valence electrons. The third-order valence-corrected chi connectivity index (χ3v) is 6.24. The molecule has 1 aromatic heterocycles. The summed E-state index contributed by atoms with van der Waals surface area (Å²) < 4.78 is 5.40. The molecule has 3 aromatic rings. The molecule has 1 atom stereocenters. The highest BCUT2D eigenvalue weighted by molar-refractivity contribution is 8.00. The smallest absolute Gasteiger partial charge is 0.237 e. The number of carbonyl (C=O) groups excluding carboxylic acids is 2. The SMILES string of the molecule is CC(=O)Nc1ccc(SC(C)C(=O)Nc2ccc3nc(CN4CCOCC4)[nH]c3c2)cc1. The van der Waals surface area contributed by atoms with Gasteiger partial charge in [0.25, 0.3) is 0 Å². The Kier molecular flexibility index (Phi) is 7.09. The number of amides is 2. The van der Waals surface area contributed by atoms with Gasteiger partial charge in [0, 0.05) is 36.3 Å². The highest BCUT2D eigenvalue weighted by Crippen LogP contribution is 2.26. The first-order chi connectivity index (χ1) is 15.5.